The summed E-state index contributed by atoms with van der Waals surface area (Å²) in [6.07, 6.45) is 41.5. The number of hydrogen-bond acceptors (Lipinski definition) is 6. The van der Waals surface area contributed by atoms with Crippen LogP contribution in [0.5, 0.6) is 0 Å². The lowest BCUT2D eigenvalue weighted by Crippen LogP contribution is -2.29. The third-order valence-corrected chi connectivity index (χ3v) is 8.87. The van der Waals surface area contributed by atoms with E-state index in [4.69, 9.17) is 19.3 Å². The second-order valence-corrected chi connectivity index (χ2v) is 14.5. The summed E-state index contributed by atoms with van der Waals surface area (Å²) in [6, 6.07) is 0. The molecule has 0 saturated heterocycles. The molecule has 0 fully saturated rings. The highest BCUT2D eigenvalue weighted by atomic mass is 31.2. The van der Waals surface area contributed by atoms with Crippen LogP contribution in [0.15, 0.2) is 36.5 Å². The molecule has 2 N–H and O–H groups in total. The lowest BCUT2D eigenvalue weighted by atomic mass is 10.1. The van der Waals surface area contributed by atoms with Crippen molar-refractivity contribution in [2.45, 2.75) is 193 Å². The molecule has 0 aliphatic heterocycles. The fourth-order valence-electron chi connectivity index (χ4n) is 5.40. The third kappa shape index (κ3) is 38.9. The van der Waals surface area contributed by atoms with Crippen LogP contribution in [0.4, 0.5) is 0 Å². The highest BCUT2D eigenvalue weighted by Gasteiger charge is 2.22. The minimum atomic E-state index is -4.75. The van der Waals surface area contributed by atoms with Gasteiger partial charge in [-0.25, -0.2) is 4.57 Å². The van der Waals surface area contributed by atoms with E-state index in [-0.39, 0.29) is 19.4 Å². The van der Waals surface area contributed by atoms with Crippen LogP contribution in [0.2, 0.25) is 0 Å². The summed E-state index contributed by atoms with van der Waals surface area (Å²) < 4.78 is 26.3. The first kappa shape index (κ1) is 47.3. The largest absolute Gasteiger partial charge is 0.469 e. The van der Waals surface area contributed by atoms with Gasteiger partial charge >= 0.3 is 19.8 Å². The van der Waals surface area contributed by atoms with Gasteiger partial charge in [-0.3, -0.25) is 14.1 Å². The number of carbonyl (C=O) groups is 2. The summed E-state index contributed by atoms with van der Waals surface area (Å²) in [5, 5.41) is 0. The molecule has 49 heavy (non-hydrogen) atoms. The number of hydrogen-bond donors (Lipinski definition) is 2. The Hall–Kier alpha value is -1.73. The van der Waals surface area contributed by atoms with E-state index in [9.17, 15) is 14.2 Å². The predicted octanol–water partition coefficient (Wildman–Crippen LogP) is 11.8. The Balaban J connectivity index is 3.92. The van der Waals surface area contributed by atoms with Gasteiger partial charge in [0.15, 0.2) is 6.10 Å². The average Bonchev–Trinajstić information content (AvgIpc) is 3.07. The van der Waals surface area contributed by atoms with Gasteiger partial charge in [-0.1, -0.05) is 140 Å². The van der Waals surface area contributed by atoms with E-state index in [0.29, 0.717) is 6.42 Å². The van der Waals surface area contributed by atoms with Gasteiger partial charge in [0.2, 0.25) is 0 Å². The Labute approximate surface area is 300 Å². The first-order valence-corrected chi connectivity index (χ1v) is 21.3. The second kappa shape index (κ2) is 36.1. The van der Waals surface area contributed by atoms with Crippen molar-refractivity contribution >= 4 is 19.8 Å². The third-order valence-electron chi connectivity index (χ3n) is 8.38. The fourth-order valence-corrected chi connectivity index (χ4v) is 5.76. The van der Waals surface area contributed by atoms with E-state index in [0.717, 1.165) is 77.0 Å². The number of ether oxygens (including phenoxy) is 2. The van der Waals surface area contributed by atoms with Crippen molar-refractivity contribution in [3.63, 3.8) is 0 Å². The maximum Gasteiger partial charge on any atom is 0.469 e. The SMILES string of the molecule is CCCCC/C=C/C/C=C/CCCCCCCCCCCC(=O)OC[C@H](COP(=O)(O)O)OC(=O)CCCCCCC/C=C/CCCCC. The zero-order valence-corrected chi connectivity index (χ0v) is 32.2. The molecule has 0 bridgehead atoms. The molecule has 0 amide bonds. The first-order valence-electron chi connectivity index (χ1n) is 19.8. The van der Waals surface area contributed by atoms with Gasteiger partial charge in [0.1, 0.15) is 6.61 Å². The summed E-state index contributed by atoms with van der Waals surface area (Å²) in [5.41, 5.74) is 0. The Morgan fingerprint density at radius 1 is 0.531 bits per heavy atom. The molecular weight excluding hydrogens is 639 g/mol. The maximum absolute atomic E-state index is 12.3. The summed E-state index contributed by atoms with van der Waals surface area (Å²) in [7, 11) is -4.75. The van der Waals surface area contributed by atoms with Gasteiger partial charge in [-0.15, -0.1) is 0 Å². The monoisotopic (exact) mass is 713 g/mol. The Bertz CT molecular complexity index is 895. The van der Waals surface area contributed by atoms with Crippen LogP contribution in [0.1, 0.15) is 187 Å². The molecule has 0 radical (unpaired) electrons. The molecule has 0 heterocycles. The number of rotatable bonds is 36. The van der Waals surface area contributed by atoms with Crippen molar-refractivity contribution in [2.24, 2.45) is 0 Å². The van der Waals surface area contributed by atoms with Crippen LogP contribution in [0.25, 0.3) is 0 Å². The summed E-state index contributed by atoms with van der Waals surface area (Å²) in [5.74, 6) is -0.899. The average molecular weight is 713 g/mol. The molecule has 1 atom stereocenters. The van der Waals surface area contributed by atoms with Gasteiger partial charge in [-0.05, 0) is 70.6 Å². The van der Waals surface area contributed by atoms with Crippen LogP contribution in [0, 0.1) is 0 Å². The molecule has 0 rings (SSSR count). The molecule has 0 aromatic heterocycles. The molecule has 0 aromatic rings. The van der Waals surface area contributed by atoms with E-state index in [1.165, 1.54) is 77.0 Å². The molecule has 8 nitrogen and oxygen atoms in total. The van der Waals surface area contributed by atoms with Gasteiger partial charge in [0.05, 0.1) is 6.61 Å². The van der Waals surface area contributed by atoms with Gasteiger partial charge in [0, 0.05) is 12.8 Å². The molecule has 0 aliphatic carbocycles. The molecule has 0 spiro atoms. The Morgan fingerprint density at radius 2 is 0.918 bits per heavy atom. The number of carbonyl (C=O) groups excluding carboxylic acids is 2. The minimum absolute atomic E-state index is 0.201. The van der Waals surface area contributed by atoms with Crippen molar-refractivity contribution < 1.29 is 37.9 Å². The first-order chi connectivity index (χ1) is 23.8. The second-order valence-electron chi connectivity index (χ2n) is 13.2. The lowest BCUT2D eigenvalue weighted by molar-refractivity contribution is -0.161. The quantitative estimate of drug-likeness (QED) is 0.0285. The maximum atomic E-state index is 12.3. The molecule has 286 valence electrons. The van der Waals surface area contributed by atoms with Crippen molar-refractivity contribution in [1.82, 2.24) is 0 Å². The van der Waals surface area contributed by atoms with Crippen LogP contribution < -0.4 is 0 Å². The van der Waals surface area contributed by atoms with Gasteiger partial charge in [-0.2, -0.15) is 0 Å². The zero-order chi connectivity index (χ0) is 36.1. The highest BCUT2D eigenvalue weighted by Crippen LogP contribution is 2.36. The predicted molar refractivity (Wildman–Crippen MR) is 202 cm³/mol. The molecule has 0 aromatic carbocycles. The van der Waals surface area contributed by atoms with Crippen LogP contribution in [-0.4, -0.2) is 41.0 Å². The fraction of sp³-hybridized carbons (Fsp3) is 0.800. The number of allylic oxidation sites excluding steroid dienone is 6. The lowest BCUT2D eigenvalue weighted by Gasteiger charge is -2.18. The number of unbranched alkanes of at least 4 members (excludes halogenated alkanes) is 20. The molecule has 0 aliphatic rings. The zero-order valence-electron chi connectivity index (χ0n) is 31.3. The number of phosphoric ester groups is 1. The Kier molecular flexibility index (Phi) is 34.8. The van der Waals surface area contributed by atoms with E-state index in [1.54, 1.807) is 0 Å². The van der Waals surface area contributed by atoms with E-state index < -0.39 is 32.5 Å². The van der Waals surface area contributed by atoms with Crippen LogP contribution in [-0.2, 0) is 28.2 Å². The summed E-state index contributed by atoms with van der Waals surface area (Å²) >= 11 is 0. The van der Waals surface area contributed by atoms with Crippen molar-refractivity contribution in [1.29, 1.82) is 0 Å². The van der Waals surface area contributed by atoms with Gasteiger partial charge < -0.3 is 19.3 Å². The molecule has 9 heteroatoms. The van der Waals surface area contributed by atoms with Gasteiger partial charge in [0.25, 0.3) is 0 Å². The normalized spacial score (nSPS) is 12.8. The smallest absolute Gasteiger partial charge is 0.462 e. The van der Waals surface area contributed by atoms with E-state index in [2.05, 4.69) is 54.8 Å². The van der Waals surface area contributed by atoms with Crippen molar-refractivity contribution in [2.75, 3.05) is 13.2 Å². The van der Waals surface area contributed by atoms with Crippen LogP contribution >= 0.6 is 7.82 Å². The summed E-state index contributed by atoms with van der Waals surface area (Å²) in [6.45, 7) is 3.62. The van der Waals surface area contributed by atoms with Crippen LogP contribution in [0.3, 0.4) is 0 Å². The topological polar surface area (TPSA) is 119 Å². The molecule has 0 unspecified atom stereocenters. The number of phosphoric acid groups is 1. The molecule has 0 saturated carbocycles. The highest BCUT2D eigenvalue weighted by molar-refractivity contribution is 7.46. The molecular formula is C40H73O8P. The summed E-state index contributed by atoms with van der Waals surface area (Å²) in [4.78, 5) is 42.7. The van der Waals surface area contributed by atoms with E-state index in [1.807, 2.05) is 0 Å². The number of esters is 2. The minimum Gasteiger partial charge on any atom is -0.462 e. The van der Waals surface area contributed by atoms with E-state index >= 15 is 0 Å². The van der Waals surface area contributed by atoms with Crippen molar-refractivity contribution in [3.05, 3.63) is 36.5 Å². The van der Waals surface area contributed by atoms with Crippen molar-refractivity contribution in [3.8, 4) is 0 Å². The standard InChI is InChI=1S/C40H73O8P/c1-3-5-7-9-11-13-15-17-18-19-20-21-22-23-25-26-28-30-32-34-39(41)46-36-38(37-47-49(43,44)45)48-40(42)35-33-31-29-27-24-16-14-12-10-8-6-4-2/h11-14,17-18,38H,3-10,15-16,19-37H2,1-2H3,(H2,43,44,45)/b13-11+,14-12+,18-17+/t38-/m1/s1. The Morgan fingerprint density at radius 3 is 1.37 bits per heavy atom.